The number of thiazole rings is 1. The largest absolute Gasteiger partial charge is 0.465 e. The van der Waals surface area contributed by atoms with Crippen molar-refractivity contribution in [2.75, 3.05) is 11.9 Å². The number of aromatic nitrogens is 4. The number of benzene rings is 1. The Labute approximate surface area is 187 Å². The van der Waals surface area contributed by atoms with E-state index < -0.39 is 30.0 Å². The number of fused-ring (bicyclic) bond motifs is 1. The van der Waals surface area contributed by atoms with E-state index in [2.05, 4.69) is 25.6 Å². The van der Waals surface area contributed by atoms with E-state index >= 15 is 0 Å². The molecule has 33 heavy (non-hydrogen) atoms. The van der Waals surface area contributed by atoms with E-state index in [1.54, 1.807) is 6.20 Å². The molecule has 3 heterocycles. The number of nitrogens with one attached hydrogen (secondary N) is 2. The standard InChI is InChI=1S/C20H16F4N6O2S/c21-17-4-13-3-11(1-2-12(13)5-25-17)15-7-27-18(33-15)26-6-14(29-19(31)32)8-30-9-16(28-10-30)20(22,23)24/h1-5,7,9-10,14,29H,6,8H2,(H,26,27)(H,31,32)/t14-/m1/s1. The van der Waals surface area contributed by atoms with Crippen LogP contribution in [0.3, 0.4) is 0 Å². The highest BCUT2D eigenvalue weighted by molar-refractivity contribution is 7.18. The Morgan fingerprint density at radius 1 is 1.15 bits per heavy atom. The quantitative estimate of drug-likeness (QED) is 0.267. The van der Waals surface area contributed by atoms with Crippen LogP contribution in [-0.2, 0) is 12.7 Å². The average molecular weight is 480 g/mol. The molecular weight excluding hydrogens is 464 g/mol. The topological polar surface area (TPSA) is 105 Å². The van der Waals surface area contributed by atoms with Gasteiger partial charge < -0.3 is 20.3 Å². The van der Waals surface area contributed by atoms with Gasteiger partial charge >= 0.3 is 12.3 Å². The third kappa shape index (κ3) is 5.55. The Morgan fingerprint density at radius 2 is 1.97 bits per heavy atom. The number of amides is 1. The average Bonchev–Trinajstić information content (AvgIpc) is 3.40. The van der Waals surface area contributed by atoms with Crippen molar-refractivity contribution in [3.63, 3.8) is 0 Å². The number of nitrogens with zero attached hydrogens (tertiary/aromatic N) is 4. The smallest absolute Gasteiger partial charge is 0.434 e. The number of anilines is 1. The van der Waals surface area contributed by atoms with Gasteiger partial charge in [-0.25, -0.2) is 19.7 Å². The van der Waals surface area contributed by atoms with Crippen molar-refractivity contribution in [3.8, 4) is 10.4 Å². The molecule has 0 saturated carbocycles. The first kappa shape index (κ1) is 22.5. The van der Waals surface area contributed by atoms with Gasteiger partial charge in [0.2, 0.25) is 5.95 Å². The highest BCUT2D eigenvalue weighted by Gasteiger charge is 2.33. The van der Waals surface area contributed by atoms with Crippen molar-refractivity contribution in [3.05, 3.63) is 60.8 Å². The second kappa shape index (κ2) is 9.02. The summed E-state index contributed by atoms with van der Waals surface area (Å²) in [5, 5.41) is 16.3. The lowest BCUT2D eigenvalue weighted by Crippen LogP contribution is -2.41. The molecule has 0 aliphatic rings. The number of carboxylic acid groups (broad SMARTS) is 1. The number of rotatable bonds is 7. The van der Waals surface area contributed by atoms with Crippen molar-refractivity contribution < 1.29 is 27.5 Å². The number of alkyl halides is 3. The molecule has 0 fully saturated rings. The fourth-order valence-corrected chi connectivity index (χ4v) is 3.98. The Balaban J connectivity index is 1.44. The van der Waals surface area contributed by atoms with Crippen LogP contribution in [0.1, 0.15) is 5.69 Å². The van der Waals surface area contributed by atoms with Gasteiger partial charge in [0.05, 0.1) is 17.2 Å². The van der Waals surface area contributed by atoms with Gasteiger partial charge in [-0.05, 0) is 17.0 Å². The van der Waals surface area contributed by atoms with Crippen molar-refractivity contribution >= 4 is 33.3 Å². The van der Waals surface area contributed by atoms with Crippen LogP contribution in [0.4, 0.5) is 27.5 Å². The maximum absolute atomic E-state index is 13.4. The summed E-state index contributed by atoms with van der Waals surface area (Å²) in [6.07, 6.45) is -1.01. The SMILES string of the molecule is O=C(O)N[C@H](CNc1ncc(-c2ccc3cnc(F)cc3c2)s1)Cn1cnc(C(F)(F)F)c1. The zero-order valence-electron chi connectivity index (χ0n) is 16.7. The van der Waals surface area contributed by atoms with E-state index in [1.807, 2.05) is 18.2 Å². The second-order valence-corrected chi connectivity index (χ2v) is 8.11. The molecule has 8 nitrogen and oxygen atoms in total. The predicted octanol–water partition coefficient (Wildman–Crippen LogP) is 4.46. The highest BCUT2D eigenvalue weighted by Crippen LogP contribution is 2.31. The Kier molecular flexibility index (Phi) is 6.14. The van der Waals surface area contributed by atoms with E-state index in [-0.39, 0.29) is 13.1 Å². The van der Waals surface area contributed by atoms with Crippen LogP contribution in [0.2, 0.25) is 0 Å². The van der Waals surface area contributed by atoms with Gasteiger partial charge in [0.15, 0.2) is 10.8 Å². The molecular formula is C20H16F4N6O2S. The Bertz CT molecular complexity index is 1290. The number of halogens is 4. The first-order valence-electron chi connectivity index (χ1n) is 9.51. The van der Waals surface area contributed by atoms with E-state index in [4.69, 9.17) is 5.11 Å². The number of hydrogen-bond acceptors (Lipinski definition) is 6. The normalized spacial score (nSPS) is 12.6. The lowest BCUT2D eigenvalue weighted by molar-refractivity contribution is -0.141. The van der Waals surface area contributed by atoms with Gasteiger partial charge in [-0.1, -0.05) is 23.5 Å². The molecule has 1 aromatic carbocycles. The molecule has 0 radical (unpaired) electrons. The molecule has 3 aromatic heterocycles. The molecule has 0 aliphatic carbocycles. The first-order chi connectivity index (χ1) is 15.7. The second-order valence-electron chi connectivity index (χ2n) is 7.08. The molecule has 0 bridgehead atoms. The van der Waals surface area contributed by atoms with Crippen molar-refractivity contribution in [2.45, 2.75) is 18.8 Å². The third-order valence-corrected chi connectivity index (χ3v) is 5.66. The summed E-state index contributed by atoms with van der Waals surface area (Å²) in [5.74, 6) is -0.580. The van der Waals surface area contributed by atoms with Gasteiger partial charge in [0.25, 0.3) is 0 Å². The van der Waals surface area contributed by atoms with Gasteiger partial charge in [-0.15, -0.1) is 0 Å². The summed E-state index contributed by atoms with van der Waals surface area (Å²) >= 11 is 1.30. The zero-order chi connectivity index (χ0) is 23.6. The summed E-state index contributed by atoms with van der Waals surface area (Å²) < 4.78 is 52.8. The summed E-state index contributed by atoms with van der Waals surface area (Å²) in [6, 6.07) is 6.06. The minimum absolute atomic E-state index is 0.0646. The predicted molar refractivity (Wildman–Crippen MR) is 113 cm³/mol. The van der Waals surface area contributed by atoms with Crippen molar-refractivity contribution in [1.29, 1.82) is 0 Å². The zero-order valence-corrected chi connectivity index (χ0v) is 17.5. The van der Waals surface area contributed by atoms with Crippen LogP contribution >= 0.6 is 11.3 Å². The van der Waals surface area contributed by atoms with Crippen molar-refractivity contribution in [2.24, 2.45) is 0 Å². The summed E-state index contributed by atoms with van der Waals surface area (Å²) in [6.45, 7) is 0.0122. The number of imidazole rings is 1. The first-order valence-corrected chi connectivity index (χ1v) is 10.3. The van der Waals surface area contributed by atoms with Crippen LogP contribution in [0, 0.1) is 5.95 Å². The maximum Gasteiger partial charge on any atom is 0.434 e. The third-order valence-electron chi connectivity index (χ3n) is 4.66. The molecule has 0 spiro atoms. The van der Waals surface area contributed by atoms with Crippen LogP contribution in [-0.4, -0.2) is 43.3 Å². The molecule has 4 rings (SSSR count). The minimum atomic E-state index is -4.58. The van der Waals surface area contributed by atoms with E-state index in [0.29, 0.717) is 10.5 Å². The maximum atomic E-state index is 13.4. The molecule has 0 aliphatic heterocycles. The summed E-state index contributed by atoms with van der Waals surface area (Å²) in [7, 11) is 0. The van der Waals surface area contributed by atoms with Gasteiger partial charge in [-0.3, -0.25) is 0 Å². The summed E-state index contributed by atoms with van der Waals surface area (Å²) in [4.78, 5) is 23.1. The fourth-order valence-electron chi connectivity index (χ4n) is 3.16. The lowest BCUT2D eigenvalue weighted by atomic mass is 10.1. The van der Waals surface area contributed by atoms with Crippen molar-refractivity contribution in [1.82, 2.24) is 24.8 Å². The van der Waals surface area contributed by atoms with E-state index in [9.17, 15) is 22.4 Å². The fraction of sp³-hybridized carbons (Fsp3) is 0.200. The van der Waals surface area contributed by atoms with E-state index in [1.165, 1.54) is 28.2 Å². The van der Waals surface area contributed by atoms with Gasteiger partial charge in [-0.2, -0.15) is 17.6 Å². The monoisotopic (exact) mass is 480 g/mol. The molecule has 172 valence electrons. The van der Waals surface area contributed by atoms with Crippen LogP contribution in [0.15, 0.2) is 49.2 Å². The van der Waals surface area contributed by atoms with Crippen LogP contribution in [0.25, 0.3) is 21.2 Å². The summed E-state index contributed by atoms with van der Waals surface area (Å²) in [5.41, 5.74) is -0.239. The van der Waals surface area contributed by atoms with Crippen LogP contribution < -0.4 is 10.6 Å². The van der Waals surface area contributed by atoms with Gasteiger partial charge in [0, 0.05) is 43.1 Å². The van der Waals surface area contributed by atoms with E-state index in [0.717, 1.165) is 28.4 Å². The molecule has 1 amide bonds. The molecule has 1 atom stereocenters. The molecule has 0 saturated heterocycles. The van der Waals surface area contributed by atoms with Gasteiger partial charge in [0.1, 0.15) is 0 Å². The minimum Gasteiger partial charge on any atom is -0.465 e. The number of hydrogen-bond donors (Lipinski definition) is 3. The molecule has 13 heteroatoms. The number of pyridine rings is 1. The molecule has 3 N–H and O–H groups in total. The highest BCUT2D eigenvalue weighted by atomic mass is 32.1. The Morgan fingerprint density at radius 3 is 2.70 bits per heavy atom. The molecule has 4 aromatic rings. The Hall–Kier alpha value is -3.74. The number of carbonyl (C=O) groups is 1. The van der Waals surface area contributed by atoms with Crippen LogP contribution in [0.5, 0.6) is 0 Å². The molecule has 0 unspecified atom stereocenters. The lowest BCUT2D eigenvalue weighted by Gasteiger charge is -2.17.